The van der Waals surface area contributed by atoms with Crippen LogP contribution in [0.5, 0.6) is 0 Å². The first-order valence-corrected chi connectivity index (χ1v) is 17.2. The molecule has 3 aliphatic rings. The molecular weight excluding hydrogens is 640 g/mol. The van der Waals surface area contributed by atoms with E-state index in [9.17, 15) is 24.0 Å². The molecule has 2 saturated heterocycles. The molecule has 0 aliphatic carbocycles. The maximum atomic E-state index is 13.2. The Balaban J connectivity index is 0.000000341. The summed E-state index contributed by atoms with van der Waals surface area (Å²) in [5.74, 6) is -4.76. The maximum absolute atomic E-state index is 13.2. The van der Waals surface area contributed by atoms with Crippen LogP contribution in [0, 0.1) is 0 Å². The van der Waals surface area contributed by atoms with E-state index >= 15 is 0 Å². The zero-order valence-electron chi connectivity index (χ0n) is 27.4. The number of carbonyl (C=O) groups excluding carboxylic acids is 2. The van der Waals surface area contributed by atoms with E-state index in [1.165, 1.54) is 10.5 Å². The fraction of sp³-hybridized carbons (Fsp3) is 0.500. The van der Waals surface area contributed by atoms with Crippen molar-refractivity contribution in [3.8, 4) is 0 Å². The van der Waals surface area contributed by atoms with Crippen molar-refractivity contribution in [3.05, 3.63) is 65.2 Å². The lowest BCUT2D eigenvalue weighted by atomic mass is 9.81. The second-order valence-corrected chi connectivity index (χ2v) is 13.4. The normalized spacial score (nSPS) is 19.9. The van der Waals surface area contributed by atoms with Gasteiger partial charge >= 0.3 is 23.9 Å². The summed E-state index contributed by atoms with van der Waals surface area (Å²) in [6.07, 6.45) is 2.82. The minimum atomic E-state index is -2.74. The van der Waals surface area contributed by atoms with Crippen molar-refractivity contribution in [2.75, 3.05) is 39.5 Å². The van der Waals surface area contributed by atoms with Gasteiger partial charge in [-0.2, -0.15) is 0 Å². The molecule has 2 aromatic carbocycles. The first kappa shape index (κ1) is 36.7. The summed E-state index contributed by atoms with van der Waals surface area (Å²) in [7, 11) is 1.95. The minimum absolute atomic E-state index is 0.000532. The number of aliphatic hydroxyl groups is 1. The number of piperidine rings is 1. The van der Waals surface area contributed by atoms with Crippen molar-refractivity contribution in [1.82, 2.24) is 20.0 Å². The molecule has 13 nitrogen and oxygen atoms in total. The highest BCUT2D eigenvalue weighted by Gasteiger charge is 2.44. The zero-order chi connectivity index (χ0) is 35.2. The second-order valence-electron chi connectivity index (χ2n) is 12.5. The Hall–Kier alpha value is -4.14. The Morgan fingerprint density at radius 3 is 2.10 bits per heavy atom. The molecule has 3 heterocycles. The Labute approximate surface area is 283 Å². The predicted octanol–water partition coefficient (Wildman–Crippen LogP) is 3.34. The quantitative estimate of drug-likeness (QED) is 0.219. The number of fused-ring (bicyclic) bond motifs is 1. The van der Waals surface area contributed by atoms with Gasteiger partial charge in [-0.25, -0.2) is 9.59 Å². The minimum Gasteiger partial charge on any atom is -0.481 e. The van der Waals surface area contributed by atoms with Gasteiger partial charge in [-0.1, -0.05) is 30.3 Å². The highest BCUT2D eigenvalue weighted by atomic mass is 32.2. The number of likely N-dealkylation sites (tertiary alicyclic amines) is 1. The van der Waals surface area contributed by atoms with Gasteiger partial charge in [-0.15, -0.1) is 11.8 Å². The fourth-order valence-corrected chi connectivity index (χ4v) is 7.41. The molecule has 3 amide bonds. The number of benzene rings is 2. The SMILES string of the molecule is CSc1ccc([C@@H](C(C)N2CCC(N3CCCNC3=O)CC2)[C@@H]2c3ccccc3C(=O)N2C)cc1.O=C(O)CC(O)(CC(=O)O)C(=O)O. The van der Waals surface area contributed by atoms with Crippen LogP contribution in [0.15, 0.2) is 53.4 Å². The monoisotopic (exact) mass is 684 g/mol. The van der Waals surface area contributed by atoms with Crippen molar-refractivity contribution in [2.24, 2.45) is 0 Å². The molecule has 3 aliphatic heterocycles. The molecule has 0 saturated carbocycles. The van der Waals surface area contributed by atoms with E-state index in [4.69, 9.17) is 20.4 Å². The Kier molecular flexibility index (Phi) is 12.1. The first-order valence-electron chi connectivity index (χ1n) is 15.9. The number of thioether (sulfide) groups is 1. The number of hydrogen-bond donors (Lipinski definition) is 5. The average Bonchev–Trinajstić information content (AvgIpc) is 3.30. The van der Waals surface area contributed by atoms with Crippen LogP contribution < -0.4 is 5.32 Å². The van der Waals surface area contributed by atoms with Crippen LogP contribution in [-0.2, 0) is 14.4 Å². The third-order valence-corrected chi connectivity index (χ3v) is 10.3. The van der Waals surface area contributed by atoms with Crippen LogP contribution in [0.4, 0.5) is 4.79 Å². The maximum Gasteiger partial charge on any atom is 0.336 e. The van der Waals surface area contributed by atoms with Gasteiger partial charge in [0.05, 0.1) is 18.9 Å². The number of hydrogen-bond acceptors (Lipinski definition) is 8. The van der Waals surface area contributed by atoms with E-state index in [0.717, 1.165) is 56.6 Å². The molecule has 5 N–H and O–H groups in total. The molecule has 0 radical (unpaired) electrons. The van der Waals surface area contributed by atoms with E-state index in [0.29, 0.717) is 6.04 Å². The molecule has 2 aromatic rings. The fourth-order valence-electron chi connectivity index (χ4n) is 7.00. The third kappa shape index (κ3) is 8.28. The summed E-state index contributed by atoms with van der Waals surface area (Å²) >= 11 is 1.75. The van der Waals surface area contributed by atoms with Crippen LogP contribution in [0.3, 0.4) is 0 Å². The zero-order valence-corrected chi connectivity index (χ0v) is 28.2. The highest BCUT2D eigenvalue weighted by Crippen LogP contribution is 2.45. The number of carboxylic acid groups (broad SMARTS) is 3. The van der Waals surface area contributed by atoms with E-state index in [1.807, 2.05) is 35.0 Å². The summed E-state index contributed by atoms with van der Waals surface area (Å²) in [4.78, 5) is 63.8. The molecule has 2 fully saturated rings. The molecule has 0 bridgehead atoms. The Bertz CT molecular complexity index is 1480. The molecule has 260 valence electrons. The Morgan fingerprint density at radius 2 is 1.56 bits per heavy atom. The van der Waals surface area contributed by atoms with Crippen molar-refractivity contribution >= 4 is 41.6 Å². The van der Waals surface area contributed by atoms with Crippen LogP contribution in [0.2, 0.25) is 0 Å². The highest BCUT2D eigenvalue weighted by molar-refractivity contribution is 7.98. The van der Waals surface area contributed by atoms with Gasteiger partial charge in [0.2, 0.25) is 0 Å². The third-order valence-electron chi connectivity index (χ3n) is 9.52. The Morgan fingerprint density at radius 1 is 0.958 bits per heavy atom. The first-order chi connectivity index (χ1) is 22.8. The standard InChI is InChI=1S/C28H36N4O2S.C6H8O7/c1-19(31-17-13-21(14-18-31)32-16-6-15-29-28(32)34)25(20-9-11-22(35-3)12-10-20)26-23-7-4-5-8-24(23)27(33)30(26)2;7-3(8)1-6(13,5(11)12)2-4(9)10/h4-5,7-12,19,21,25-26H,6,13-18H2,1-3H3,(H,29,34);13H,1-2H2,(H,7,8)(H,9,10)(H,11,12)/t19?,25-,26+;/m1./s1. The van der Waals surface area contributed by atoms with E-state index < -0.39 is 36.4 Å². The summed E-state index contributed by atoms with van der Waals surface area (Å²) in [6, 6.07) is 17.6. The summed E-state index contributed by atoms with van der Waals surface area (Å²) < 4.78 is 0. The number of rotatable bonds is 11. The van der Waals surface area contributed by atoms with Gasteiger partial charge in [-0.05, 0) is 61.8 Å². The van der Waals surface area contributed by atoms with Gasteiger partial charge in [0, 0.05) is 61.7 Å². The lowest BCUT2D eigenvalue weighted by molar-refractivity contribution is -0.170. The van der Waals surface area contributed by atoms with Crippen LogP contribution in [0.25, 0.3) is 0 Å². The number of carbonyl (C=O) groups is 5. The second kappa shape index (κ2) is 15.8. The number of carboxylic acids is 3. The van der Waals surface area contributed by atoms with Gasteiger partial charge in [0.25, 0.3) is 5.91 Å². The number of nitrogens with zero attached hydrogens (tertiary/aromatic N) is 3. The molecule has 5 rings (SSSR count). The number of likely N-dealkylation sites (N-methyl/N-ethyl adjacent to an activating group) is 1. The molecule has 0 spiro atoms. The topological polar surface area (TPSA) is 188 Å². The molecule has 3 atom stereocenters. The van der Waals surface area contributed by atoms with Gasteiger partial charge in [-0.3, -0.25) is 19.3 Å². The lowest BCUT2D eigenvalue weighted by Crippen LogP contribution is -2.55. The smallest absolute Gasteiger partial charge is 0.336 e. The number of nitrogens with one attached hydrogen (secondary N) is 1. The van der Waals surface area contributed by atoms with Crippen molar-refractivity contribution < 1.29 is 44.4 Å². The van der Waals surface area contributed by atoms with Gasteiger partial charge in [0.15, 0.2) is 5.60 Å². The molecule has 1 unspecified atom stereocenters. The van der Waals surface area contributed by atoms with E-state index in [2.05, 4.69) is 53.7 Å². The largest absolute Gasteiger partial charge is 0.481 e. The van der Waals surface area contributed by atoms with E-state index in [1.54, 1.807) is 11.8 Å². The predicted molar refractivity (Wildman–Crippen MR) is 178 cm³/mol. The van der Waals surface area contributed by atoms with E-state index in [-0.39, 0.29) is 29.9 Å². The molecular formula is C34H44N4O9S. The summed E-state index contributed by atoms with van der Waals surface area (Å²) in [5.41, 5.74) is 0.491. The van der Waals surface area contributed by atoms with Crippen LogP contribution >= 0.6 is 11.8 Å². The van der Waals surface area contributed by atoms with Crippen molar-refractivity contribution in [3.63, 3.8) is 0 Å². The van der Waals surface area contributed by atoms with Crippen LogP contribution in [0.1, 0.15) is 72.5 Å². The lowest BCUT2D eigenvalue weighted by Gasteiger charge is -2.45. The summed E-state index contributed by atoms with van der Waals surface area (Å²) in [5, 5.41) is 36.8. The molecule has 14 heteroatoms. The molecule has 48 heavy (non-hydrogen) atoms. The van der Waals surface area contributed by atoms with Gasteiger partial charge < -0.3 is 35.5 Å². The van der Waals surface area contributed by atoms with Gasteiger partial charge in [0.1, 0.15) is 0 Å². The molecule has 0 aromatic heterocycles. The van der Waals surface area contributed by atoms with Crippen LogP contribution in [-0.4, -0.2) is 122 Å². The van der Waals surface area contributed by atoms with Crippen molar-refractivity contribution in [2.45, 2.75) is 73.6 Å². The number of aliphatic carboxylic acids is 3. The average molecular weight is 685 g/mol. The number of amides is 3. The number of urea groups is 1. The summed E-state index contributed by atoms with van der Waals surface area (Å²) in [6.45, 7) is 5.89. The van der Waals surface area contributed by atoms with Crippen molar-refractivity contribution in [1.29, 1.82) is 0 Å².